The molecular formula is C16H17F2NO2S. The number of rotatable bonds is 7. The molecule has 0 saturated carbocycles. The van der Waals surface area contributed by atoms with Crippen LogP contribution in [0.5, 0.6) is 0 Å². The molecule has 0 radical (unpaired) electrons. The summed E-state index contributed by atoms with van der Waals surface area (Å²) in [5, 5.41) is 0. The lowest BCUT2D eigenvalue weighted by Gasteiger charge is -2.07. The van der Waals surface area contributed by atoms with Crippen LogP contribution in [0.15, 0.2) is 48.5 Å². The summed E-state index contributed by atoms with van der Waals surface area (Å²) >= 11 is 0. The van der Waals surface area contributed by atoms with Gasteiger partial charge in [-0.25, -0.2) is 21.9 Å². The Balaban J connectivity index is 1.82. The van der Waals surface area contributed by atoms with Gasteiger partial charge in [-0.2, -0.15) is 0 Å². The van der Waals surface area contributed by atoms with E-state index in [1.54, 1.807) is 0 Å². The van der Waals surface area contributed by atoms with Gasteiger partial charge in [-0.3, -0.25) is 0 Å². The van der Waals surface area contributed by atoms with Crippen molar-refractivity contribution in [3.05, 3.63) is 71.3 Å². The maximum absolute atomic E-state index is 13.0. The van der Waals surface area contributed by atoms with Crippen LogP contribution in [0, 0.1) is 11.6 Å². The smallest absolute Gasteiger partial charge is 0.211 e. The van der Waals surface area contributed by atoms with E-state index in [0.717, 1.165) is 17.7 Å². The maximum atomic E-state index is 13.0. The van der Waals surface area contributed by atoms with Crippen molar-refractivity contribution in [3.8, 4) is 0 Å². The minimum Gasteiger partial charge on any atom is -0.212 e. The maximum Gasteiger partial charge on any atom is 0.211 e. The van der Waals surface area contributed by atoms with Crippen molar-refractivity contribution < 1.29 is 17.2 Å². The monoisotopic (exact) mass is 325 g/mol. The zero-order valence-corrected chi connectivity index (χ0v) is 12.7. The van der Waals surface area contributed by atoms with Crippen molar-refractivity contribution in [2.45, 2.75) is 19.4 Å². The molecule has 0 spiro atoms. The third-order valence-corrected chi connectivity index (χ3v) is 4.61. The van der Waals surface area contributed by atoms with Gasteiger partial charge in [0.05, 0.1) is 5.75 Å². The van der Waals surface area contributed by atoms with Gasteiger partial charge in [0.25, 0.3) is 0 Å². The average Bonchev–Trinajstić information content (AvgIpc) is 2.49. The second-order valence-corrected chi connectivity index (χ2v) is 6.90. The molecule has 3 nitrogen and oxygen atoms in total. The van der Waals surface area contributed by atoms with Crippen molar-refractivity contribution >= 4 is 10.0 Å². The van der Waals surface area contributed by atoms with E-state index in [-0.39, 0.29) is 12.3 Å². The van der Waals surface area contributed by atoms with Gasteiger partial charge in [0.2, 0.25) is 10.0 Å². The van der Waals surface area contributed by atoms with E-state index < -0.39 is 21.7 Å². The van der Waals surface area contributed by atoms with E-state index in [1.165, 1.54) is 6.07 Å². The Morgan fingerprint density at radius 2 is 1.64 bits per heavy atom. The summed E-state index contributed by atoms with van der Waals surface area (Å²) in [4.78, 5) is 0. The van der Waals surface area contributed by atoms with Crippen molar-refractivity contribution in [1.29, 1.82) is 0 Å². The lowest BCUT2D eigenvalue weighted by atomic mass is 10.1. The molecule has 2 rings (SSSR count). The number of aryl methyl sites for hydroxylation is 1. The normalized spacial score (nSPS) is 11.5. The first-order valence-electron chi connectivity index (χ1n) is 6.91. The molecule has 0 heterocycles. The fraction of sp³-hybridized carbons (Fsp3) is 0.250. The van der Waals surface area contributed by atoms with Crippen LogP contribution in [0.25, 0.3) is 0 Å². The molecule has 0 amide bonds. The third-order valence-electron chi connectivity index (χ3n) is 3.20. The molecule has 0 aliphatic rings. The van der Waals surface area contributed by atoms with Crippen LogP contribution in [0.2, 0.25) is 0 Å². The van der Waals surface area contributed by atoms with Crippen LogP contribution in [0.4, 0.5) is 8.78 Å². The SMILES string of the molecule is O=S(=O)(CCCc1ccccc1)NCc1ccc(F)c(F)c1. The van der Waals surface area contributed by atoms with E-state index in [2.05, 4.69) is 4.72 Å². The van der Waals surface area contributed by atoms with Crippen molar-refractivity contribution in [2.24, 2.45) is 0 Å². The van der Waals surface area contributed by atoms with E-state index in [0.29, 0.717) is 18.4 Å². The van der Waals surface area contributed by atoms with Crippen LogP contribution in [0.1, 0.15) is 17.5 Å². The summed E-state index contributed by atoms with van der Waals surface area (Å²) in [5.41, 5.74) is 1.46. The summed E-state index contributed by atoms with van der Waals surface area (Å²) in [6, 6.07) is 12.9. The highest BCUT2D eigenvalue weighted by atomic mass is 32.2. The molecule has 0 unspecified atom stereocenters. The molecule has 2 aromatic carbocycles. The minimum absolute atomic E-state index is 0.00836. The summed E-state index contributed by atoms with van der Waals surface area (Å²) in [5.74, 6) is -1.94. The fourth-order valence-corrected chi connectivity index (χ4v) is 3.08. The first kappa shape index (κ1) is 16.6. The lowest BCUT2D eigenvalue weighted by Crippen LogP contribution is -2.26. The molecule has 0 saturated heterocycles. The first-order chi connectivity index (χ1) is 10.5. The summed E-state index contributed by atoms with van der Waals surface area (Å²) in [6.45, 7) is -0.0507. The first-order valence-corrected chi connectivity index (χ1v) is 8.57. The summed E-state index contributed by atoms with van der Waals surface area (Å²) in [6.07, 6.45) is 1.17. The minimum atomic E-state index is -3.44. The van der Waals surface area contributed by atoms with Crippen LogP contribution in [0.3, 0.4) is 0 Å². The van der Waals surface area contributed by atoms with E-state index in [9.17, 15) is 17.2 Å². The molecule has 0 fully saturated rings. The van der Waals surface area contributed by atoms with Crippen molar-refractivity contribution in [2.75, 3.05) is 5.75 Å². The quantitative estimate of drug-likeness (QED) is 0.850. The topological polar surface area (TPSA) is 46.2 Å². The zero-order valence-electron chi connectivity index (χ0n) is 11.9. The fourth-order valence-electron chi connectivity index (χ4n) is 2.03. The standard InChI is InChI=1S/C16H17F2NO2S/c17-15-9-8-14(11-16(15)18)12-19-22(20,21)10-4-7-13-5-2-1-3-6-13/h1-3,5-6,8-9,11,19H,4,7,10,12H2. The summed E-state index contributed by atoms with van der Waals surface area (Å²) in [7, 11) is -3.44. The van der Waals surface area contributed by atoms with Gasteiger partial charge in [0, 0.05) is 6.54 Å². The van der Waals surface area contributed by atoms with Gasteiger partial charge in [-0.05, 0) is 36.1 Å². The highest BCUT2D eigenvalue weighted by Gasteiger charge is 2.10. The molecule has 1 N–H and O–H groups in total. The molecule has 118 valence electrons. The number of nitrogens with one attached hydrogen (secondary N) is 1. The largest absolute Gasteiger partial charge is 0.212 e. The van der Waals surface area contributed by atoms with Gasteiger partial charge in [0.1, 0.15) is 0 Å². The Hall–Kier alpha value is -1.79. The number of hydrogen-bond acceptors (Lipinski definition) is 2. The second kappa shape index (κ2) is 7.47. The number of sulfonamides is 1. The van der Waals surface area contributed by atoms with Crippen molar-refractivity contribution in [3.63, 3.8) is 0 Å². The average molecular weight is 325 g/mol. The molecule has 0 bridgehead atoms. The molecule has 0 aromatic heterocycles. The molecule has 0 aliphatic carbocycles. The lowest BCUT2D eigenvalue weighted by molar-refractivity contribution is 0.506. The zero-order chi connectivity index (χ0) is 16.0. The van der Waals surface area contributed by atoms with Crippen LogP contribution < -0.4 is 4.72 Å². The summed E-state index contributed by atoms with van der Waals surface area (Å²) < 4.78 is 51.9. The number of halogens is 2. The Labute approximate surface area is 129 Å². The number of hydrogen-bond donors (Lipinski definition) is 1. The highest BCUT2D eigenvalue weighted by Crippen LogP contribution is 2.09. The van der Waals surface area contributed by atoms with Gasteiger partial charge in [0.15, 0.2) is 11.6 Å². The van der Waals surface area contributed by atoms with E-state index in [4.69, 9.17) is 0 Å². The van der Waals surface area contributed by atoms with Crippen LogP contribution >= 0.6 is 0 Å². The van der Waals surface area contributed by atoms with Crippen LogP contribution in [-0.2, 0) is 23.0 Å². The Morgan fingerprint density at radius 3 is 2.32 bits per heavy atom. The van der Waals surface area contributed by atoms with E-state index in [1.807, 2.05) is 30.3 Å². The third kappa shape index (κ3) is 5.20. The predicted molar refractivity (Wildman–Crippen MR) is 81.7 cm³/mol. The van der Waals surface area contributed by atoms with E-state index >= 15 is 0 Å². The van der Waals surface area contributed by atoms with Gasteiger partial charge in [-0.1, -0.05) is 36.4 Å². The Morgan fingerprint density at radius 1 is 0.909 bits per heavy atom. The molecule has 0 aliphatic heterocycles. The number of benzene rings is 2. The predicted octanol–water partition coefficient (Wildman–Crippen LogP) is 3.02. The molecular weight excluding hydrogens is 308 g/mol. The molecule has 2 aromatic rings. The van der Waals surface area contributed by atoms with Crippen LogP contribution in [-0.4, -0.2) is 14.2 Å². The highest BCUT2D eigenvalue weighted by molar-refractivity contribution is 7.89. The Bertz CT molecular complexity index is 718. The van der Waals surface area contributed by atoms with Gasteiger partial charge >= 0.3 is 0 Å². The van der Waals surface area contributed by atoms with Gasteiger partial charge in [-0.15, -0.1) is 0 Å². The molecule has 22 heavy (non-hydrogen) atoms. The van der Waals surface area contributed by atoms with Gasteiger partial charge < -0.3 is 0 Å². The molecule has 6 heteroatoms. The van der Waals surface area contributed by atoms with Crippen molar-refractivity contribution in [1.82, 2.24) is 4.72 Å². The molecule has 0 atom stereocenters. The second-order valence-electron chi connectivity index (χ2n) is 4.98. The Kier molecular flexibility index (Phi) is 5.63.